The molecule has 0 amide bonds. The number of oxazole rings is 1. The first kappa shape index (κ1) is 13.7. The number of nitrogens with zero attached hydrogens (tertiary/aromatic N) is 1. The van der Waals surface area contributed by atoms with Crippen LogP contribution in [0.25, 0.3) is 0 Å². The van der Waals surface area contributed by atoms with Gasteiger partial charge in [0.25, 0.3) is 5.22 Å². The lowest BCUT2D eigenvalue weighted by molar-refractivity contribution is 0.454. The van der Waals surface area contributed by atoms with Crippen LogP contribution < -0.4 is 5.73 Å². The molecule has 0 atom stereocenters. The molecule has 0 aliphatic carbocycles. The van der Waals surface area contributed by atoms with Crippen molar-refractivity contribution in [2.45, 2.75) is 17.9 Å². The highest BCUT2D eigenvalue weighted by Crippen LogP contribution is 2.22. The van der Waals surface area contributed by atoms with Gasteiger partial charge in [0.1, 0.15) is 12.1 Å². The SMILES string of the molecule is Cc1coc(SCc2cc(F)cc(C#CCN)c2)n1. The molecule has 0 spiro atoms. The van der Waals surface area contributed by atoms with Crippen molar-refractivity contribution in [3.63, 3.8) is 0 Å². The Hall–Kier alpha value is -1.77. The van der Waals surface area contributed by atoms with Crippen molar-refractivity contribution in [2.75, 3.05) is 6.54 Å². The number of rotatable bonds is 3. The third kappa shape index (κ3) is 4.12. The summed E-state index contributed by atoms with van der Waals surface area (Å²) in [5.41, 5.74) is 7.59. The van der Waals surface area contributed by atoms with Crippen LogP contribution in [0.1, 0.15) is 16.8 Å². The Bertz CT molecular complexity index is 628. The summed E-state index contributed by atoms with van der Waals surface area (Å²) >= 11 is 1.42. The minimum absolute atomic E-state index is 0.260. The van der Waals surface area contributed by atoms with Crippen LogP contribution in [-0.4, -0.2) is 11.5 Å². The lowest BCUT2D eigenvalue weighted by Crippen LogP contribution is -1.93. The van der Waals surface area contributed by atoms with Crippen LogP contribution in [0.4, 0.5) is 4.39 Å². The van der Waals surface area contributed by atoms with Gasteiger partial charge in [0.05, 0.1) is 12.2 Å². The lowest BCUT2D eigenvalue weighted by atomic mass is 10.1. The number of thioether (sulfide) groups is 1. The second-order valence-electron chi connectivity index (χ2n) is 3.90. The smallest absolute Gasteiger partial charge is 0.256 e. The van der Waals surface area contributed by atoms with Gasteiger partial charge in [-0.3, -0.25) is 0 Å². The predicted octanol–water partition coefficient (Wildman–Crippen LogP) is 2.72. The van der Waals surface area contributed by atoms with Crippen LogP contribution in [0.3, 0.4) is 0 Å². The van der Waals surface area contributed by atoms with E-state index in [1.165, 1.54) is 23.9 Å². The number of aryl methyl sites for hydroxylation is 1. The van der Waals surface area contributed by atoms with Gasteiger partial charge in [-0.05, 0) is 30.7 Å². The molecule has 0 aliphatic heterocycles. The molecular weight excluding hydrogens is 263 g/mol. The largest absolute Gasteiger partial charge is 0.440 e. The summed E-state index contributed by atoms with van der Waals surface area (Å²) in [5.74, 6) is 5.81. The van der Waals surface area contributed by atoms with Gasteiger partial charge in [0, 0.05) is 11.3 Å². The van der Waals surface area contributed by atoms with Gasteiger partial charge >= 0.3 is 0 Å². The van der Waals surface area contributed by atoms with Crippen LogP contribution in [0.5, 0.6) is 0 Å². The van der Waals surface area contributed by atoms with E-state index in [-0.39, 0.29) is 12.4 Å². The van der Waals surface area contributed by atoms with E-state index >= 15 is 0 Å². The summed E-state index contributed by atoms with van der Waals surface area (Å²) in [6, 6.07) is 4.72. The van der Waals surface area contributed by atoms with Crippen LogP contribution in [0.15, 0.2) is 34.1 Å². The molecule has 1 aromatic carbocycles. The van der Waals surface area contributed by atoms with Gasteiger partial charge in [0.15, 0.2) is 0 Å². The Morgan fingerprint density at radius 3 is 2.95 bits per heavy atom. The fraction of sp³-hybridized carbons (Fsp3) is 0.214. The summed E-state index contributed by atoms with van der Waals surface area (Å²) in [6.45, 7) is 2.12. The molecule has 0 saturated carbocycles. The highest BCUT2D eigenvalue weighted by atomic mass is 32.2. The fourth-order valence-electron chi connectivity index (χ4n) is 1.50. The standard InChI is InChI=1S/C14H13FN2OS/c1-10-8-18-14(17-10)19-9-12-5-11(3-2-4-16)6-13(15)7-12/h5-8H,4,9,16H2,1H3. The number of hydrogen-bond acceptors (Lipinski definition) is 4. The van der Waals surface area contributed by atoms with Crippen LogP contribution >= 0.6 is 11.8 Å². The van der Waals surface area contributed by atoms with Gasteiger partial charge < -0.3 is 10.2 Å². The molecule has 5 heteroatoms. The number of benzene rings is 1. The highest BCUT2D eigenvalue weighted by molar-refractivity contribution is 7.98. The lowest BCUT2D eigenvalue weighted by Gasteiger charge is -2.01. The molecule has 0 fully saturated rings. The third-order valence-corrected chi connectivity index (χ3v) is 3.16. The number of halogens is 1. The molecule has 98 valence electrons. The molecule has 3 nitrogen and oxygen atoms in total. The predicted molar refractivity (Wildman–Crippen MR) is 73.1 cm³/mol. The number of nitrogens with two attached hydrogens (primary N) is 1. The molecular formula is C14H13FN2OS. The summed E-state index contributed by atoms with van der Waals surface area (Å²) in [5, 5.41) is 0.580. The Kier molecular flexibility index (Phi) is 4.61. The van der Waals surface area contributed by atoms with Crippen molar-refractivity contribution in [3.8, 4) is 11.8 Å². The van der Waals surface area contributed by atoms with Gasteiger partial charge in [-0.15, -0.1) is 0 Å². The maximum Gasteiger partial charge on any atom is 0.256 e. The third-order valence-electron chi connectivity index (χ3n) is 2.25. The molecule has 0 aliphatic rings. The molecule has 19 heavy (non-hydrogen) atoms. The molecule has 2 aromatic rings. The minimum atomic E-state index is -0.303. The summed E-state index contributed by atoms with van der Waals surface area (Å²) in [4.78, 5) is 4.18. The zero-order valence-electron chi connectivity index (χ0n) is 10.4. The van der Waals surface area contributed by atoms with Crippen molar-refractivity contribution >= 4 is 11.8 Å². The molecule has 0 bridgehead atoms. The van der Waals surface area contributed by atoms with Crippen LogP contribution in [0.2, 0.25) is 0 Å². The number of aromatic nitrogens is 1. The van der Waals surface area contributed by atoms with E-state index in [0.717, 1.165) is 11.3 Å². The normalized spacial score (nSPS) is 10.1. The summed E-state index contributed by atoms with van der Waals surface area (Å²) in [7, 11) is 0. The Morgan fingerprint density at radius 2 is 2.26 bits per heavy atom. The zero-order valence-corrected chi connectivity index (χ0v) is 11.3. The van der Waals surface area contributed by atoms with E-state index in [1.54, 1.807) is 6.26 Å². The van der Waals surface area contributed by atoms with Gasteiger partial charge in [-0.25, -0.2) is 9.37 Å². The maximum absolute atomic E-state index is 13.4. The van der Waals surface area contributed by atoms with Crippen molar-refractivity contribution in [2.24, 2.45) is 5.73 Å². The molecule has 2 rings (SSSR count). The fourth-order valence-corrected chi connectivity index (χ4v) is 2.28. The highest BCUT2D eigenvalue weighted by Gasteiger charge is 2.04. The van der Waals surface area contributed by atoms with E-state index in [4.69, 9.17) is 10.2 Å². The van der Waals surface area contributed by atoms with E-state index in [0.29, 0.717) is 16.5 Å². The monoisotopic (exact) mass is 276 g/mol. The maximum atomic E-state index is 13.4. The second kappa shape index (κ2) is 6.41. The Balaban J connectivity index is 2.09. The minimum Gasteiger partial charge on any atom is -0.440 e. The van der Waals surface area contributed by atoms with E-state index in [2.05, 4.69) is 16.8 Å². The number of hydrogen-bond donors (Lipinski definition) is 1. The zero-order chi connectivity index (χ0) is 13.7. The topological polar surface area (TPSA) is 52.0 Å². The van der Waals surface area contributed by atoms with Crippen LogP contribution in [0, 0.1) is 24.6 Å². The Labute approximate surface area is 115 Å². The van der Waals surface area contributed by atoms with Crippen molar-refractivity contribution in [1.82, 2.24) is 4.98 Å². The summed E-state index contributed by atoms with van der Waals surface area (Å²) < 4.78 is 18.7. The molecule has 0 unspecified atom stereocenters. The molecule has 1 aromatic heterocycles. The molecule has 1 heterocycles. The first-order valence-electron chi connectivity index (χ1n) is 5.70. The van der Waals surface area contributed by atoms with E-state index < -0.39 is 0 Å². The van der Waals surface area contributed by atoms with Crippen molar-refractivity contribution < 1.29 is 8.81 Å². The average molecular weight is 276 g/mol. The van der Waals surface area contributed by atoms with Crippen molar-refractivity contribution in [1.29, 1.82) is 0 Å². The van der Waals surface area contributed by atoms with Crippen LogP contribution in [-0.2, 0) is 5.75 Å². The van der Waals surface area contributed by atoms with Crippen molar-refractivity contribution in [3.05, 3.63) is 47.1 Å². The quantitative estimate of drug-likeness (QED) is 0.692. The summed E-state index contributed by atoms with van der Waals surface area (Å²) in [6.07, 6.45) is 1.59. The average Bonchev–Trinajstić information content (AvgIpc) is 2.79. The molecule has 2 N–H and O–H groups in total. The second-order valence-corrected chi connectivity index (χ2v) is 4.82. The molecule has 0 radical (unpaired) electrons. The van der Waals surface area contributed by atoms with Gasteiger partial charge in [-0.2, -0.15) is 0 Å². The first-order chi connectivity index (χ1) is 9.17. The van der Waals surface area contributed by atoms with E-state index in [1.807, 2.05) is 13.0 Å². The van der Waals surface area contributed by atoms with Gasteiger partial charge in [-0.1, -0.05) is 23.6 Å². The first-order valence-corrected chi connectivity index (χ1v) is 6.69. The molecule has 0 saturated heterocycles. The van der Waals surface area contributed by atoms with E-state index in [9.17, 15) is 4.39 Å². The van der Waals surface area contributed by atoms with Gasteiger partial charge in [0.2, 0.25) is 0 Å². The Morgan fingerprint density at radius 1 is 1.42 bits per heavy atom.